The molecule has 0 saturated heterocycles. The van der Waals surface area contributed by atoms with Gasteiger partial charge in [0.1, 0.15) is 17.7 Å². The van der Waals surface area contributed by atoms with Crippen molar-refractivity contribution in [2.75, 3.05) is 0 Å². The van der Waals surface area contributed by atoms with Gasteiger partial charge in [0.05, 0.1) is 0 Å². The fraction of sp³-hybridized carbons (Fsp3) is 0.167. The zero-order chi connectivity index (χ0) is 15.0. The van der Waals surface area contributed by atoms with Crippen molar-refractivity contribution in [3.63, 3.8) is 0 Å². The minimum absolute atomic E-state index is 0.0843. The fourth-order valence-electron chi connectivity index (χ4n) is 1.76. The van der Waals surface area contributed by atoms with Crippen molar-refractivity contribution in [1.29, 1.82) is 0 Å². The topological polar surface area (TPSA) is 120 Å². The lowest BCUT2D eigenvalue weighted by Crippen LogP contribution is -2.02. The van der Waals surface area contributed by atoms with Crippen LogP contribution in [0.3, 0.4) is 0 Å². The van der Waals surface area contributed by atoms with Gasteiger partial charge >= 0.3 is 5.97 Å². The number of carboxylic acids is 1. The summed E-state index contributed by atoms with van der Waals surface area (Å²) in [6.07, 6.45) is 4.26. The smallest absolute Gasteiger partial charge is 0.356 e. The molecule has 0 amide bonds. The SMILES string of the molecule is Cc1noc(-c2cnc(C)nc2-n2cnc(C(=O)O)c2)n1. The molecule has 0 saturated carbocycles. The molecule has 9 heteroatoms. The van der Waals surface area contributed by atoms with E-state index in [2.05, 4.69) is 25.1 Å². The van der Waals surface area contributed by atoms with Crippen molar-refractivity contribution in [3.05, 3.63) is 36.1 Å². The Morgan fingerprint density at radius 3 is 2.67 bits per heavy atom. The normalized spacial score (nSPS) is 10.8. The molecule has 0 bridgehead atoms. The van der Waals surface area contributed by atoms with Crippen LogP contribution in [0.2, 0.25) is 0 Å². The van der Waals surface area contributed by atoms with E-state index in [0.29, 0.717) is 23.0 Å². The summed E-state index contributed by atoms with van der Waals surface area (Å²) >= 11 is 0. The second-order valence-electron chi connectivity index (χ2n) is 4.27. The highest BCUT2D eigenvalue weighted by atomic mass is 16.5. The number of nitrogens with zero attached hydrogens (tertiary/aromatic N) is 6. The summed E-state index contributed by atoms with van der Waals surface area (Å²) in [5.74, 6) is 0.567. The third kappa shape index (κ3) is 2.36. The first kappa shape index (κ1) is 12.9. The van der Waals surface area contributed by atoms with Gasteiger partial charge in [0.2, 0.25) is 0 Å². The third-order valence-electron chi connectivity index (χ3n) is 2.69. The summed E-state index contributed by atoms with van der Waals surface area (Å²) in [5.41, 5.74) is 0.412. The molecule has 21 heavy (non-hydrogen) atoms. The molecule has 0 spiro atoms. The van der Waals surface area contributed by atoms with Gasteiger partial charge in [0.25, 0.3) is 5.89 Å². The zero-order valence-corrected chi connectivity index (χ0v) is 11.2. The molecule has 0 atom stereocenters. The van der Waals surface area contributed by atoms with Gasteiger partial charge in [-0.3, -0.25) is 4.57 Å². The van der Waals surface area contributed by atoms with Crippen LogP contribution < -0.4 is 0 Å². The van der Waals surface area contributed by atoms with E-state index in [9.17, 15) is 4.79 Å². The quantitative estimate of drug-likeness (QED) is 0.757. The van der Waals surface area contributed by atoms with Gasteiger partial charge in [-0.25, -0.2) is 19.7 Å². The molecule has 0 unspecified atom stereocenters. The molecule has 0 aliphatic heterocycles. The van der Waals surface area contributed by atoms with Crippen LogP contribution in [0.1, 0.15) is 22.1 Å². The van der Waals surface area contributed by atoms with Gasteiger partial charge in [-0.05, 0) is 13.8 Å². The standard InChI is InChI=1S/C12H10N6O3/c1-6-13-3-8(11-16-7(2)17-21-11)10(15-6)18-4-9(12(19)20)14-5-18/h3-5H,1-2H3,(H,19,20). The highest BCUT2D eigenvalue weighted by Gasteiger charge is 2.17. The van der Waals surface area contributed by atoms with Crippen molar-refractivity contribution < 1.29 is 14.4 Å². The van der Waals surface area contributed by atoms with Gasteiger partial charge < -0.3 is 9.63 Å². The second kappa shape index (κ2) is 4.78. The number of rotatable bonds is 3. The molecule has 0 aliphatic rings. The Hall–Kier alpha value is -3.10. The first-order valence-corrected chi connectivity index (χ1v) is 5.96. The van der Waals surface area contributed by atoms with Crippen LogP contribution in [-0.2, 0) is 0 Å². The predicted octanol–water partition coefficient (Wildman–Crippen LogP) is 1.03. The molecule has 0 aliphatic carbocycles. The number of carboxylic acid groups (broad SMARTS) is 1. The number of hydrogen-bond donors (Lipinski definition) is 1. The summed E-state index contributed by atoms with van der Waals surface area (Å²) in [6, 6.07) is 0. The van der Waals surface area contributed by atoms with Crippen LogP contribution >= 0.6 is 0 Å². The number of aryl methyl sites for hydroxylation is 2. The predicted molar refractivity (Wildman–Crippen MR) is 68.9 cm³/mol. The summed E-state index contributed by atoms with van der Waals surface area (Å²) in [4.78, 5) is 27.2. The van der Waals surface area contributed by atoms with E-state index in [4.69, 9.17) is 9.63 Å². The Bertz CT molecular complexity index is 822. The van der Waals surface area contributed by atoms with Crippen molar-refractivity contribution >= 4 is 5.97 Å². The van der Waals surface area contributed by atoms with Gasteiger partial charge in [-0.1, -0.05) is 5.16 Å². The average molecular weight is 286 g/mol. The Morgan fingerprint density at radius 1 is 1.24 bits per heavy atom. The maximum absolute atomic E-state index is 10.9. The Balaban J connectivity index is 2.16. The van der Waals surface area contributed by atoms with Gasteiger partial charge in [0.15, 0.2) is 17.3 Å². The summed E-state index contributed by atoms with van der Waals surface area (Å²) in [5, 5.41) is 12.7. The molecule has 3 heterocycles. The molecule has 0 fully saturated rings. The number of aromatic carboxylic acids is 1. The van der Waals surface area contributed by atoms with Crippen molar-refractivity contribution in [2.45, 2.75) is 13.8 Å². The average Bonchev–Trinajstić information content (AvgIpc) is 3.07. The maximum Gasteiger partial charge on any atom is 0.356 e. The van der Waals surface area contributed by atoms with Crippen molar-refractivity contribution in [2.24, 2.45) is 0 Å². The summed E-state index contributed by atoms with van der Waals surface area (Å²) < 4.78 is 6.59. The lowest BCUT2D eigenvalue weighted by atomic mass is 10.3. The molecular formula is C12H10N6O3. The van der Waals surface area contributed by atoms with E-state index in [-0.39, 0.29) is 11.6 Å². The Labute approximate surface area is 118 Å². The van der Waals surface area contributed by atoms with E-state index < -0.39 is 5.97 Å². The molecule has 3 aromatic heterocycles. The zero-order valence-electron chi connectivity index (χ0n) is 11.2. The number of carbonyl (C=O) groups is 1. The lowest BCUT2D eigenvalue weighted by Gasteiger charge is -2.05. The molecule has 9 nitrogen and oxygen atoms in total. The molecule has 3 rings (SSSR count). The lowest BCUT2D eigenvalue weighted by molar-refractivity contribution is 0.0691. The monoisotopic (exact) mass is 286 g/mol. The van der Waals surface area contributed by atoms with Crippen molar-refractivity contribution in [3.8, 4) is 17.3 Å². The number of hydrogen-bond acceptors (Lipinski definition) is 7. The molecule has 106 valence electrons. The van der Waals surface area contributed by atoms with Gasteiger partial charge in [-0.2, -0.15) is 4.98 Å². The van der Waals surface area contributed by atoms with E-state index in [1.165, 1.54) is 17.1 Å². The molecule has 0 aromatic carbocycles. The Kier molecular flexibility index (Phi) is 2.94. The van der Waals surface area contributed by atoms with Crippen LogP contribution in [0.4, 0.5) is 0 Å². The molecule has 3 aromatic rings. The van der Waals surface area contributed by atoms with E-state index >= 15 is 0 Å². The van der Waals surface area contributed by atoms with Gasteiger partial charge in [-0.15, -0.1) is 0 Å². The number of aromatic nitrogens is 6. The first-order chi connectivity index (χ1) is 10.0. The molecule has 0 radical (unpaired) electrons. The fourth-order valence-corrected chi connectivity index (χ4v) is 1.76. The minimum Gasteiger partial charge on any atom is -0.476 e. The molecular weight excluding hydrogens is 276 g/mol. The maximum atomic E-state index is 10.9. The van der Waals surface area contributed by atoms with Gasteiger partial charge in [0, 0.05) is 12.4 Å². The van der Waals surface area contributed by atoms with E-state index in [1.807, 2.05) is 0 Å². The highest BCUT2D eigenvalue weighted by Crippen LogP contribution is 2.23. The summed E-state index contributed by atoms with van der Waals surface area (Å²) in [7, 11) is 0. The minimum atomic E-state index is -1.12. The van der Waals surface area contributed by atoms with E-state index in [0.717, 1.165) is 0 Å². The number of imidazole rings is 1. The Morgan fingerprint density at radius 2 is 2.05 bits per heavy atom. The third-order valence-corrected chi connectivity index (χ3v) is 2.69. The van der Waals surface area contributed by atoms with E-state index in [1.54, 1.807) is 20.0 Å². The molecule has 1 N–H and O–H groups in total. The van der Waals surface area contributed by atoms with Crippen LogP contribution in [0.15, 0.2) is 23.2 Å². The summed E-state index contributed by atoms with van der Waals surface area (Å²) in [6.45, 7) is 3.42. The second-order valence-corrected chi connectivity index (χ2v) is 4.27. The largest absolute Gasteiger partial charge is 0.476 e. The first-order valence-electron chi connectivity index (χ1n) is 5.96. The van der Waals surface area contributed by atoms with Crippen LogP contribution in [0, 0.1) is 13.8 Å². The van der Waals surface area contributed by atoms with Crippen molar-refractivity contribution in [1.82, 2.24) is 29.7 Å². The van der Waals surface area contributed by atoms with Crippen LogP contribution in [0.5, 0.6) is 0 Å². The van der Waals surface area contributed by atoms with Crippen LogP contribution in [0.25, 0.3) is 17.3 Å². The van der Waals surface area contributed by atoms with Crippen LogP contribution in [-0.4, -0.2) is 40.7 Å². The highest BCUT2D eigenvalue weighted by molar-refractivity contribution is 5.85.